The molecule has 0 fully saturated rings. The van der Waals surface area contributed by atoms with Crippen LogP contribution in [0.5, 0.6) is 0 Å². The lowest BCUT2D eigenvalue weighted by atomic mass is 10.1. The van der Waals surface area contributed by atoms with Gasteiger partial charge in [-0.1, -0.05) is 26.2 Å². The molecule has 4 nitrogen and oxygen atoms in total. The molecule has 0 saturated heterocycles. The van der Waals surface area contributed by atoms with Gasteiger partial charge in [0.1, 0.15) is 11.5 Å². The molecule has 106 valence electrons. The van der Waals surface area contributed by atoms with Gasteiger partial charge in [0.25, 0.3) is 0 Å². The van der Waals surface area contributed by atoms with E-state index >= 15 is 0 Å². The van der Waals surface area contributed by atoms with Crippen LogP contribution >= 0.6 is 0 Å². The minimum Gasteiger partial charge on any atom is -0.377 e. The molecule has 6 heteroatoms. The quantitative estimate of drug-likeness (QED) is 0.458. The van der Waals surface area contributed by atoms with E-state index < -0.39 is 22.2 Å². The third kappa shape index (κ3) is 4.46. The van der Waals surface area contributed by atoms with Crippen LogP contribution < -0.4 is 5.32 Å². The first-order valence-corrected chi connectivity index (χ1v) is 6.35. The van der Waals surface area contributed by atoms with Gasteiger partial charge in [-0.2, -0.15) is 4.39 Å². The van der Waals surface area contributed by atoms with Crippen molar-refractivity contribution in [2.24, 2.45) is 0 Å². The number of nitro groups is 1. The number of benzene rings is 1. The maximum absolute atomic E-state index is 13.4. The van der Waals surface area contributed by atoms with Crippen LogP contribution in [-0.2, 0) is 0 Å². The summed E-state index contributed by atoms with van der Waals surface area (Å²) >= 11 is 0. The highest BCUT2D eigenvalue weighted by Gasteiger charge is 2.22. The summed E-state index contributed by atoms with van der Waals surface area (Å²) in [7, 11) is 0. The smallest absolute Gasteiger partial charge is 0.327 e. The number of hydrogen-bond donors (Lipinski definition) is 1. The Morgan fingerprint density at radius 2 is 2.05 bits per heavy atom. The van der Waals surface area contributed by atoms with Crippen LogP contribution in [0.4, 0.5) is 20.2 Å². The third-order valence-corrected chi connectivity index (χ3v) is 2.85. The molecule has 0 bridgehead atoms. The fraction of sp³-hybridized carbons (Fsp3) is 0.538. The minimum atomic E-state index is -1.16. The van der Waals surface area contributed by atoms with E-state index in [2.05, 4.69) is 12.2 Å². The average molecular weight is 272 g/mol. The van der Waals surface area contributed by atoms with E-state index in [1.807, 2.05) is 6.92 Å². The van der Waals surface area contributed by atoms with Crippen LogP contribution in [0, 0.1) is 21.7 Å². The minimum absolute atomic E-state index is 0.0774. The van der Waals surface area contributed by atoms with Crippen molar-refractivity contribution in [3.05, 3.63) is 33.9 Å². The fourth-order valence-electron chi connectivity index (χ4n) is 1.90. The largest absolute Gasteiger partial charge is 0.377 e. The second-order valence-electron chi connectivity index (χ2n) is 4.58. The molecule has 1 aromatic carbocycles. The van der Waals surface area contributed by atoms with Crippen molar-refractivity contribution in [1.82, 2.24) is 0 Å². The Balaban J connectivity index is 2.84. The molecule has 19 heavy (non-hydrogen) atoms. The Bertz CT molecular complexity index is 453. The third-order valence-electron chi connectivity index (χ3n) is 2.85. The summed E-state index contributed by atoms with van der Waals surface area (Å²) in [5.41, 5.74) is -0.810. The van der Waals surface area contributed by atoms with E-state index in [-0.39, 0.29) is 11.7 Å². The Morgan fingerprint density at radius 1 is 1.37 bits per heavy atom. The van der Waals surface area contributed by atoms with Gasteiger partial charge in [-0.25, -0.2) is 4.39 Å². The number of hydrogen-bond acceptors (Lipinski definition) is 3. The fourth-order valence-corrected chi connectivity index (χ4v) is 1.90. The zero-order valence-corrected chi connectivity index (χ0v) is 11.1. The number of halogens is 2. The first kappa shape index (κ1) is 15.3. The predicted molar refractivity (Wildman–Crippen MR) is 70.2 cm³/mol. The van der Waals surface area contributed by atoms with Gasteiger partial charge in [0.05, 0.1) is 4.92 Å². The van der Waals surface area contributed by atoms with E-state index in [1.54, 1.807) is 0 Å². The number of anilines is 1. The van der Waals surface area contributed by atoms with Gasteiger partial charge >= 0.3 is 5.69 Å². The number of rotatable bonds is 7. The zero-order valence-electron chi connectivity index (χ0n) is 11.1. The van der Waals surface area contributed by atoms with Crippen LogP contribution in [0.1, 0.15) is 39.5 Å². The summed E-state index contributed by atoms with van der Waals surface area (Å²) in [4.78, 5) is 9.96. The van der Waals surface area contributed by atoms with E-state index in [1.165, 1.54) is 0 Å². The predicted octanol–water partition coefficient (Wildman–Crippen LogP) is 4.25. The molecule has 0 radical (unpaired) electrons. The van der Waals surface area contributed by atoms with Gasteiger partial charge in [-0.05, 0) is 13.3 Å². The number of nitrogens with zero attached hydrogens (tertiary/aromatic N) is 1. The molecular weight excluding hydrogens is 254 g/mol. The van der Waals surface area contributed by atoms with Gasteiger partial charge < -0.3 is 5.32 Å². The van der Waals surface area contributed by atoms with Crippen molar-refractivity contribution >= 4 is 11.4 Å². The second kappa shape index (κ2) is 7.01. The number of nitro benzene ring substituents is 1. The molecule has 1 N–H and O–H groups in total. The number of nitrogens with one attached hydrogen (secondary N) is 1. The van der Waals surface area contributed by atoms with E-state index in [9.17, 15) is 18.9 Å². The molecule has 0 aliphatic heterocycles. The normalized spacial score (nSPS) is 12.2. The van der Waals surface area contributed by atoms with Crippen molar-refractivity contribution in [2.75, 3.05) is 5.32 Å². The van der Waals surface area contributed by atoms with Gasteiger partial charge in [-0.3, -0.25) is 10.1 Å². The SMILES string of the molecule is CCCCCC(C)Nc1cc(F)cc(F)c1[N+](=O)[O-]. The van der Waals surface area contributed by atoms with Crippen LogP contribution in [0.25, 0.3) is 0 Å². The summed E-state index contributed by atoms with van der Waals surface area (Å²) < 4.78 is 26.5. The Morgan fingerprint density at radius 3 is 2.63 bits per heavy atom. The molecule has 0 aromatic heterocycles. The van der Waals surface area contributed by atoms with Gasteiger partial charge in [0, 0.05) is 18.2 Å². The first-order valence-electron chi connectivity index (χ1n) is 6.35. The summed E-state index contributed by atoms with van der Waals surface area (Å²) in [6, 6.07) is 1.40. The standard InChI is InChI=1S/C13H18F2N2O2/c1-3-4-5-6-9(2)16-12-8-10(14)7-11(15)13(12)17(18)19/h7-9,16H,3-6H2,1-2H3. The molecule has 0 aliphatic carbocycles. The monoisotopic (exact) mass is 272 g/mol. The van der Waals surface area contributed by atoms with Crippen molar-refractivity contribution in [3.8, 4) is 0 Å². The van der Waals surface area contributed by atoms with Crippen LogP contribution in [-0.4, -0.2) is 11.0 Å². The molecule has 0 amide bonds. The van der Waals surface area contributed by atoms with E-state index in [4.69, 9.17) is 0 Å². The molecule has 1 unspecified atom stereocenters. The van der Waals surface area contributed by atoms with Crippen molar-refractivity contribution in [3.63, 3.8) is 0 Å². The first-order chi connectivity index (χ1) is 8.95. The van der Waals surface area contributed by atoms with Crippen molar-refractivity contribution < 1.29 is 13.7 Å². The second-order valence-corrected chi connectivity index (χ2v) is 4.58. The molecule has 0 saturated carbocycles. The Kier molecular flexibility index (Phi) is 5.66. The molecule has 0 aliphatic rings. The topological polar surface area (TPSA) is 55.2 Å². The maximum atomic E-state index is 13.4. The summed E-state index contributed by atoms with van der Waals surface area (Å²) in [5, 5.41) is 13.6. The summed E-state index contributed by atoms with van der Waals surface area (Å²) in [5.74, 6) is -1.99. The van der Waals surface area contributed by atoms with Crippen molar-refractivity contribution in [1.29, 1.82) is 0 Å². The molecule has 0 heterocycles. The molecular formula is C13H18F2N2O2. The molecule has 1 aromatic rings. The lowest BCUT2D eigenvalue weighted by molar-refractivity contribution is -0.386. The molecule has 1 atom stereocenters. The van der Waals surface area contributed by atoms with Crippen LogP contribution in [0.3, 0.4) is 0 Å². The van der Waals surface area contributed by atoms with Gasteiger partial charge in [0.15, 0.2) is 0 Å². The average Bonchev–Trinajstić information content (AvgIpc) is 2.27. The highest BCUT2D eigenvalue weighted by molar-refractivity contribution is 5.62. The van der Waals surface area contributed by atoms with Crippen LogP contribution in [0.15, 0.2) is 12.1 Å². The number of unbranched alkanes of at least 4 members (excludes halogenated alkanes) is 2. The zero-order chi connectivity index (χ0) is 14.4. The van der Waals surface area contributed by atoms with E-state index in [0.717, 1.165) is 31.7 Å². The maximum Gasteiger partial charge on any atom is 0.327 e. The van der Waals surface area contributed by atoms with Crippen LogP contribution in [0.2, 0.25) is 0 Å². The van der Waals surface area contributed by atoms with Gasteiger partial charge in [0.2, 0.25) is 5.82 Å². The Hall–Kier alpha value is -1.72. The summed E-state index contributed by atoms with van der Waals surface area (Å²) in [6.45, 7) is 3.91. The van der Waals surface area contributed by atoms with Gasteiger partial charge in [-0.15, -0.1) is 0 Å². The Labute approximate surface area is 111 Å². The highest BCUT2D eigenvalue weighted by Crippen LogP contribution is 2.29. The molecule has 1 rings (SSSR count). The lowest BCUT2D eigenvalue weighted by Crippen LogP contribution is -2.16. The highest BCUT2D eigenvalue weighted by atomic mass is 19.1. The van der Waals surface area contributed by atoms with Crippen molar-refractivity contribution in [2.45, 2.75) is 45.6 Å². The molecule has 0 spiro atoms. The summed E-state index contributed by atoms with van der Waals surface area (Å²) in [6.07, 6.45) is 3.90. The van der Waals surface area contributed by atoms with E-state index in [0.29, 0.717) is 6.07 Å². The lowest BCUT2D eigenvalue weighted by Gasteiger charge is -2.15.